The van der Waals surface area contributed by atoms with Gasteiger partial charge in [-0.2, -0.15) is 0 Å². The van der Waals surface area contributed by atoms with Crippen molar-refractivity contribution >= 4 is 23.0 Å². The van der Waals surface area contributed by atoms with E-state index in [0.29, 0.717) is 11.2 Å². The van der Waals surface area contributed by atoms with Crippen LogP contribution < -0.4 is 15.4 Å². The molecule has 0 radical (unpaired) electrons. The van der Waals surface area contributed by atoms with Gasteiger partial charge in [0.1, 0.15) is 5.75 Å². The predicted octanol–water partition coefficient (Wildman–Crippen LogP) is 5.36. The highest BCUT2D eigenvalue weighted by Crippen LogP contribution is 2.25. The molecular formula is C21H26N2OS. The van der Waals surface area contributed by atoms with Gasteiger partial charge in [-0.05, 0) is 87.1 Å². The highest BCUT2D eigenvalue weighted by Gasteiger charge is 2.16. The molecule has 0 heterocycles. The molecule has 0 amide bonds. The van der Waals surface area contributed by atoms with E-state index in [0.717, 1.165) is 11.4 Å². The summed E-state index contributed by atoms with van der Waals surface area (Å²) in [5.74, 6) is 0.935. The van der Waals surface area contributed by atoms with Crippen molar-refractivity contribution in [2.24, 2.45) is 0 Å². The van der Waals surface area contributed by atoms with E-state index in [9.17, 15) is 0 Å². The van der Waals surface area contributed by atoms with E-state index in [4.69, 9.17) is 17.0 Å². The van der Waals surface area contributed by atoms with Crippen molar-refractivity contribution in [2.75, 3.05) is 5.32 Å². The smallest absolute Gasteiger partial charge is 0.171 e. The fourth-order valence-electron chi connectivity index (χ4n) is 3.33. The first kappa shape index (κ1) is 17.7. The average Bonchev–Trinajstić information content (AvgIpc) is 3.10. The summed E-state index contributed by atoms with van der Waals surface area (Å²) in [7, 11) is 0. The topological polar surface area (TPSA) is 33.3 Å². The van der Waals surface area contributed by atoms with Crippen LogP contribution in [-0.2, 0) is 0 Å². The van der Waals surface area contributed by atoms with Crippen LogP contribution in [0.5, 0.6) is 5.75 Å². The molecule has 3 rings (SSSR count). The van der Waals surface area contributed by atoms with Crippen LogP contribution in [0.15, 0.2) is 48.5 Å². The molecule has 2 N–H and O–H groups in total. The Kier molecular flexibility index (Phi) is 5.92. The highest BCUT2D eigenvalue weighted by molar-refractivity contribution is 7.80. The average molecular weight is 355 g/mol. The minimum Gasteiger partial charge on any atom is -0.490 e. The van der Waals surface area contributed by atoms with Gasteiger partial charge < -0.3 is 15.4 Å². The van der Waals surface area contributed by atoms with E-state index in [1.807, 2.05) is 24.3 Å². The van der Waals surface area contributed by atoms with Crippen molar-refractivity contribution in [3.8, 4) is 5.75 Å². The second kappa shape index (κ2) is 8.34. The Bertz CT molecular complexity index is 708. The van der Waals surface area contributed by atoms with E-state index in [-0.39, 0.29) is 6.04 Å². The lowest BCUT2D eigenvalue weighted by Gasteiger charge is -2.19. The van der Waals surface area contributed by atoms with Crippen molar-refractivity contribution in [3.63, 3.8) is 0 Å². The predicted molar refractivity (Wildman–Crippen MR) is 108 cm³/mol. The second-order valence-corrected chi connectivity index (χ2v) is 7.13. The largest absolute Gasteiger partial charge is 0.490 e. The monoisotopic (exact) mass is 354 g/mol. The molecule has 1 aliphatic rings. The van der Waals surface area contributed by atoms with Gasteiger partial charge >= 0.3 is 0 Å². The maximum atomic E-state index is 5.99. The fourth-order valence-corrected chi connectivity index (χ4v) is 3.62. The van der Waals surface area contributed by atoms with Gasteiger partial charge in [-0.3, -0.25) is 0 Å². The van der Waals surface area contributed by atoms with Crippen LogP contribution in [0.2, 0.25) is 0 Å². The summed E-state index contributed by atoms with van der Waals surface area (Å²) in [6.45, 7) is 4.24. The van der Waals surface area contributed by atoms with Crippen molar-refractivity contribution in [3.05, 3.63) is 59.7 Å². The summed E-state index contributed by atoms with van der Waals surface area (Å²) in [6, 6.07) is 16.6. The Labute approximate surface area is 155 Å². The highest BCUT2D eigenvalue weighted by atomic mass is 32.1. The van der Waals surface area contributed by atoms with Gasteiger partial charge in [0.15, 0.2) is 5.11 Å². The molecule has 1 aliphatic carbocycles. The minimum absolute atomic E-state index is 0.158. The molecule has 2 aromatic carbocycles. The van der Waals surface area contributed by atoms with Crippen LogP contribution in [0.25, 0.3) is 0 Å². The standard InChI is InChI=1S/C21H26N2OS/c1-15-7-3-6-10-20(15)16(2)22-21(25)23-17-11-13-19(14-12-17)24-18-8-4-5-9-18/h3,6-7,10-14,16,18H,4-5,8-9H2,1-2H3,(H2,22,23,25)/t16-/m1/s1. The molecule has 4 heteroatoms. The van der Waals surface area contributed by atoms with Crippen LogP contribution in [-0.4, -0.2) is 11.2 Å². The molecule has 25 heavy (non-hydrogen) atoms. The van der Waals surface area contributed by atoms with Gasteiger partial charge in [0, 0.05) is 5.69 Å². The molecule has 1 atom stereocenters. The molecule has 2 aromatic rings. The third-order valence-corrected chi connectivity index (χ3v) is 4.94. The van der Waals surface area contributed by atoms with E-state index >= 15 is 0 Å². The summed E-state index contributed by atoms with van der Waals surface area (Å²) in [4.78, 5) is 0. The zero-order valence-corrected chi connectivity index (χ0v) is 15.7. The molecule has 132 valence electrons. The quantitative estimate of drug-likeness (QED) is 0.708. The molecule has 0 spiro atoms. The summed E-state index contributed by atoms with van der Waals surface area (Å²) in [5, 5.41) is 7.22. The number of hydrogen-bond donors (Lipinski definition) is 2. The number of nitrogens with one attached hydrogen (secondary N) is 2. The summed E-state index contributed by atoms with van der Waals surface area (Å²) in [6.07, 6.45) is 5.29. The van der Waals surface area contributed by atoms with Gasteiger partial charge in [0.05, 0.1) is 12.1 Å². The second-order valence-electron chi connectivity index (χ2n) is 6.73. The fraction of sp³-hybridized carbons (Fsp3) is 0.381. The summed E-state index contributed by atoms with van der Waals surface area (Å²) >= 11 is 5.45. The van der Waals surface area contributed by atoms with Crippen LogP contribution in [0.4, 0.5) is 5.69 Å². The van der Waals surface area contributed by atoms with Crippen molar-refractivity contribution in [1.82, 2.24) is 5.32 Å². The van der Waals surface area contributed by atoms with E-state index in [1.54, 1.807) is 0 Å². The molecule has 0 unspecified atom stereocenters. The zero-order valence-electron chi connectivity index (χ0n) is 14.9. The zero-order chi connectivity index (χ0) is 17.6. The normalized spacial score (nSPS) is 15.6. The number of benzene rings is 2. The van der Waals surface area contributed by atoms with Crippen LogP contribution >= 0.6 is 12.2 Å². The molecule has 1 fully saturated rings. The molecular weight excluding hydrogens is 328 g/mol. The summed E-state index contributed by atoms with van der Waals surface area (Å²) in [5.41, 5.74) is 3.49. The Hall–Kier alpha value is -2.07. The lowest BCUT2D eigenvalue weighted by molar-refractivity contribution is 0.210. The SMILES string of the molecule is Cc1ccccc1[C@@H](C)NC(=S)Nc1ccc(OC2CCCC2)cc1. The molecule has 0 aliphatic heterocycles. The molecule has 0 bridgehead atoms. The number of thiocarbonyl (C=S) groups is 1. The lowest BCUT2D eigenvalue weighted by Crippen LogP contribution is -2.31. The number of rotatable bonds is 5. The molecule has 0 saturated heterocycles. The Morgan fingerprint density at radius 2 is 1.76 bits per heavy atom. The van der Waals surface area contributed by atoms with E-state index in [2.05, 4.69) is 48.7 Å². The van der Waals surface area contributed by atoms with E-state index < -0.39 is 0 Å². The summed E-state index contributed by atoms with van der Waals surface area (Å²) < 4.78 is 5.99. The van der Waals surface area contributed by atoms with Gasteiger partial charge in [-0.25, -0.2) is 0 Å². The third kappa shape index (κ3) is 4.95. The number of hydrogen-bond acceptors (Lipinski definition) is 2. The minimum atomic E-state index is 0.158. The Morgan fingerprint density at radius 1 is 1.08 bits per heavy atom. The van der Waals surface area contributed by atoms with E-state index in [1.165, 1.54) is 36.8 Å². The van der Waals surface area contributed by atoms with Gasteiger partial charge in [0.25, 0.3) is 0 Å². The number of anilines is 1. The van der Waals surface area contributed by atoms with Crippen molar-refractivity contribution in [2.45, 2.75) is 51.7 Å². The molecule has 1 saturated carbocycles. The Balaban J connectivity index is 1.53. The Morgan fingerprint density at radius 3 is 2.44 bits per heavy atom. The number of ether oxygens (including phenoxy) is 1. The van der Waals surface area contributed by atoms with Crippen molar-refractivity contribution < 1.29 is 4.74 Å². The van der Waals surface area contributed by atoms with Crippen LogP contribution in [0, 0.1) is 6.92 Å². The molecule has 3 nitrogen and oxygen atoms in total. The van der Waals surface area contributed by atoms with Gasteiger partial charge in [0.2, 0.25) is 0 Å². The maximum absolute atomic E-state index is 5.99. The number of aryl methyl sites for hydroxylation is 1. The first-order valence-corrected chi connectivity index (χ1v) is 9.42. The van der Waals surface area contributed by atoms with Crippen LogP contribution in [0.3, 0.4) is 0 Å². The lowest BCUT2D eigenvalue weighted by atomic mass is 10.0. The molecule has 0 aromatic heterocycles. The van der Waals surface area contributed by atoms with Crippen molar-refractivity contribution in [1.29, 1.82) is 0 Å². The third-order valence-electron chi connectivity index (χ3n) is 4.72. The maximum Gasteiger partial charge on any atom is 0.171 e. The first-order valence-electron chi connectivity index (χ1n) is 9.01. The van der Waals surface area contributed by atoms with Crippen LogP contribution in [0.1, 0.15) is 49.8 Å². The first-order chi connectivity index (χ1) is 12.1. The van der Waals surface area contributed by atoms with Gasteiger partial charge in [-0.1, -0.05) is 24.3 Å². The van der Waals surface area contributed by atoms with Gasteiger partial charge in [-0.15, -0.1) is 0 Å².